The van der Waals surface area contributed by atoms with Gasteiger partial charge in [0.1, 0.15) is 11.5 Å². The predicted molar refractivity (Wildman–Crippen MR) is 141 cm³/mol. The van der Waals surface area contributed by atoms with Crippen LogP contribution in [0.5, 0.6) is 11.5 Å². The van der Waals surface area contributed by atoms with Gasteiger partial charge in [-0.3, -0.25) is 9.69 Å². The molecule has 1 amide bonds. The molecule has 0 radical (unpaired) electrons. The van der Waals surface area contributed by atoms with Crippen LogP contribution in [0.1, 0.15) is 44.1 Å². The van der Waals surface area contributed by atoms with Crippen LogP contribution < -0.4 is 19.3 Å². The van der Waals surface area contributed by atoms with Crippen molar-refractivity contribution in [2.45, 2.75) is 51.0 Å². The summed E-state index contributed by atoms with van der Waals surface area (Å²) in [6.07, 6.45) is 7.83. The van der Waals surface area contributed by atoms with Crippen LogP contribution in [0.4, 0.5) is 11.4 Å². The van der Waals surface area contributed by atoms with Crippen LogP contribution in [0.2, 0.25) is 0 Å². The Hall–Kier alpha value is -2.73. The molecule has 0 N–H and O–H groups in total. The van der Waals surface area contributed by atoms with Gasteiger partial charge in [-0.05, 0) is 49.4 Å². The molecule has 1 saturated heterocycles. The maximum Gasteiger partial charge on any atom is 0.230 e. The van der Waals surface area contributed by atoms with Crippen LogP contribution >= 0.6 is 0 Å². The van der Waals surface area contributed by atoms with Crippen LogP contribution in [0, 0.1) is 5.92 Å². The molecule has 6 heteroatoms. The summed E-state index contributed by atoms with van der Waals surface area (Å²) in [6.45, 7) is 4.76. The molecule has 1 saturated carbocycles. The number of amides is 1. The van der Waals surface area contributed by atoms with Crippen molar-refractivity contribution >= 4 is 17.3 Å². The molecule has 1 aliphatic carbocycles. The van der Waals surface area contributed by atoms with E-state index >= 15 is 0 Å². The highest BCUT2D eigenvalue weighted by atomic mass is 16.5. The Morgan fingerprint density at radius 2 is 1.66 bits per heavy atom. The lowest BCUT2D eigenvalue weighted by molar-refractivity contribution is -0.124. The van der Waals surface area contributed by atoms with Gasteiger partial charge in [-0.2, -0.15) is 0 Å². The third kappa shape index (κ3) is 5.13. The number of carbonyl (C=O) groups is 1. The first-order valence-corrected chi connectivity index (χ1v) is 13.3. The molecule has 2 fully saturated rings. The third-order valence-corrected chi connectivity index (χ3v) is 8.12. The van der Waals surface area contributed by atoms with E-state index in [9.17, 15) is 4.79 Å². The quantitative estimate of drug-likeness (QED) is 0.601. The lowest BCUT2D eigenvalue weighted by Gasteiger charge is -2.44. The summed E-state index contributed by atoms with van der Waals surface area (Å²) in [5.41, 5.74) is 3.56. The normalized spacial score (nSPS) is 21.5. The van der Waals surface area contributed by atoms with E-state index < -0.39 is 0 Å². The van der Waals surface area contributed by atoms with Crippen LogP contribution in [-0.4, -0.2) is 63.8 Å². The summed E-state index contributed by atoms with van der Waals surface area (Å²) >= 11 is 0. The van der Waals surface area contributed by atoms with Crippen molar-refractivity contribution in [3.8, 4) is 11.5 Å². The molecule has 5 rings (SSSR count). The maximum atomic E-state index is 13.8. The summed E-state index contributed by atoms with van der Waals surface area (Å²) in [4.78, 5) is 20.9. The molecule has 6 nitrogen and oxygen atoms in total. The minimum Gasteiger partial charge on any atom is -0.497 e. The first kappa shape index (κ1) is 24.0. The van der Waals surface area contributed by atoms with E-state index in [4.69, 9.17) is 9.47 Å². The van der Waals surface area contributed by atoms with Crippen LogP contribution in [0.3, 0.4) is 0 Å². The van der Waals surface area contributed by atoms with Gasteiger partial charge in [-0.25, -0.2) is 0 Å². The Balaban J connectivity index is 1.28. The lowest BCUT2D eigenvalue weighted by atomic mass is 9.86. The standard InChI is InChI=1S/C29H39N3O3/c1-34-25-14-15-28(35-2)27(20-25)31-18-16-30(17-19-31)21-24-13-12-22-8-6-7-11-26(22)32(24)29(33)23-9-4-3-5-10-23/h6-8,11,14-15,20,23-24H,3-5,9-10,12-13,16-19,21H2,1-2H3. The second kappa shape index (κ2) is 10.9. The molecule has 0 aromatic heterocycles. The molecule has 188 valence electrons. The summed E-state index contributed by atoms with van der Waals surface area (Å²) in [6, 6.07) is 14.8. The van der Waals surface area contributed by atoms with Gasteiger partial charge in [0.25, 0.3) is 0 Å². The average molecular weight is 478 g/mol. The highest BCUT2D eigenvalue weighted by Crippen LogP contribution is 2.36. The number of ether oxygens (including phenoxy) is 2. The second-order valence-electron chi connectivity index (χ2n) is 10.2. The van der Waals surface area contributed by atoms with E-state index in [1.165, 1.54) is 24.8 Å². The van der Waals surface area contributed by atoms with E-state index in [1.54, 1.807) is 14.2 Å². The number of aryl methyl sites for hydroxylation is 1. The van der Waals surface area contributed by atoms with Gasteiger partial charge in [0.15, 0.2) is 0 Å². The monoisotopic (exact) mass is 477 g/mol. The maximum absolute atomic E-state index is 13.8. The molecule has 2 aromatic rings. The average Bonchev–Trinajstić information content (AvgIpc) is 2.93. The number of rotatable bonds is 6. The number of carbonyl (C=O) groups excluding carboxylic acids is 1. The highest BCUT2D eigenvalue weighted by Gasteiger charge is 2.36. The van der Waals surface area contributed by atoms with Crippen molar-refractivity contribution in [1.29, 1.82) is 0 Å². The molecule has 3 aliphatic rings. The fourth-order valence-corrected chi connectivity index (χ4v) is 6.14. The van der Waals surface area contributed by atoms with Gasteiger partial charge in [-0.1, -0.05) is 37.5 Å². The number of fused-ring (bicyclic) bond motifs is 1. The van der Waals surface area contributed by atoms with E-state index in [0.717, 1.165) is 81.3 Å². The molecule has 0 spiro atoms. The summed E-state index contributed by atoms with van der Waals surface area (Å²) in [7, 11) is 3.42. The van der Waals surface area contributed by atoms with Gasteiger partial charge in [0.2, 0.25) is 5.91 Å². The van der Waals surface area contributed by atoms with Crippen molar-refractivity contribution in [2.75, 3.05) is 56.7 Å². The van der Waals surface area contributed by atoms with Gasteiger partial charge in [0, 0.05) is 56.4 Å². The Kier molecular flexibility index (Phi) is 7.47. The van der Waals surface area contributed by atoms with Crippen molar-refractivity contribution in [3.05, 3.63) is 48.0 Å². The molecule has 1 unspecified atom stereocenters. The third-order valence-electron chi connectivity index (χ3n) is 8.12. The summed E-state index contributed by atoms with van der Waals surface area (Å²) in [5.74, 6) is 2.28. The van der Waals surface area contributed by atoms with Crippen molar-refractivity contribution < 1.29 is 14.3 Å². The molecular formula is C29H39N3O3. The second-order valence-corrected chi connectivity index (χ2v) is 10.2. The molecule has 2 heterocycles. The van der Waals surface area contributed by atoms with Crippen LogP contribution in [-0.2, 0) is 11.2 Å². The molecule has 2 aliphatic heterocycles. The fraction of sp³-hybridized carbons (Fsp3) is 0.552. The number of methoxy groups -OCH3 is 2. The number of benzene rings is 2. The molecule has 35 heavy (non-hydrogen) atoms. The van der Waals surface area contributed by atoms with Crippen LogP contribution in [0.25, 0.3) is 0 Å². The SMILES string of the molecule is COc1ccc(OC)c(N2CCN(CC3CCc4ccccc4N3C(=O)C3CCCCC3)CC2)c1. The van der Waals surface area contributed by atoms with E-state index in [1.807, 2.05) is 12.1 Å². The first-order chi connectivity index (χ1) is 17.2. The number of hydrogen-bond acceptors (Lipinski definition) is 5. The molecule has 1 atom stereocenters. The highest BCUT2D eigenvalue weighted by molar-refractivity contribution is 5.97. The minimum atomic E-state index is 0.190. The molecular weight excluding hydrogens is 438 g/mol. The predicted octanol–water partition coefficient (Wildman–Crippen LogP) is 4.75. The number of anilines is 2. The van der Waals surface area contributed by atoms with Gasteiger partial charge >= 0.3 is 0 Å². The van der Waals surface area contributed by atoms with Gasteiger partial charge in [0.05, 0.1) is 19.9 Å². The number of nitrogens with zero attached hydrogens (tertiary/aromatic N) is 3. The van der Waals surface area contributed by atoms with Gasteiger partial charge < -0.3 is 19.3 Å². The number of piperazine rings is 1. The zero-order valence-corrected chi connectivity index (χ0v) is 21.2. The lowest BCUT2D eigenvalue weighted by Crippen LogP contribution is -2.55. The van der Waals surface area contributed by atoms with Crippen molar-refractivity contribution in [1.82, 2.24) is 4.90 Å². The van der Waals surface area contributed by atoms with Gasteiger partial charge in [-0.15, -0.1) is 0 Å². The first-order valence-electron chi connectivity index (χ1n) is 13.3. The smallest absolute Gasteiger partial charge is 0.230 e. The van der Waals surface area contributed by atoms with Crippen molar-refractivity contribution in [2.24, 2.45) is 5.92 Å². The number of hydrogen-bond donors (Lipinski definition) is 0. The topological polar surface area (TPSA) is 45.3 Å². The van der Waals surface area contributed by atoms with Crippen molar-refractivity contribution in [3.63, 3.8) is 0 Å². The largest absolute Gasteiger partial charge is 0.497 e. The Morgan fingerprint density at radius 1 is 0.886 bits per heavy atom. The minimum absolute atomic E-state index is 0.190. The number of para-hydroxylation sites is 1. The van der Waals surface area contributed by atoms with E-state index in [0.29, 0.717) is 5.91 Å². The zero-order chi connectivity index (χ0) is 24.2. The Morgan fingerprint density at radius 3 is 2.40 bits per heavy atom. The summed E-state index contributed by atoms with van der Waals surface area (Å²) < 4.78 is 11.1. The zero-order valence-electron chi connectivity index (χ0n) is 21.2. The Labute approximate surface area is 209 Å². The molecule has 2 aromatic carbocycles. The molecule has 0 bridgehead atoms. The van der Waals surface area contributed by atoms with E-state index in [-0.39, 0.29) is 12.0 Å². The fourth-order valence-electron chi connectivity index (χ4n) is 6.14. The Bertz CT molecular complexity index is 1010. The van der Waals surface area contributed by atoms with Crippen LogP contribution in [0.15, 0.2) is 42.5 Å². The summed E-state index contributed by atoms with van der Waals surface area (Å²) in [5, 5.41) is 0. The van der Waals surface area contributed by atoms with E-state index in [2.05, 4.69) is 45.0 Å².